The Bertz CT molecular complexity index is 433. The van der Waals surface area contributed by atoms with E-state index in [-0.39, 0.29) is 11.9 Å². The first-order valence-electron chi connectivity index (χ1n) is 7.69. The molecule has 1 heterocycles. The lowest BCUT2D eigenvalue weighted by atomic mass is 10.0. The minimum absolute atomic E-state index is 0.146. The maximum absolute atomic E-state index is 12.7. The van der Waals surface area contributed by atoms with Gasteiger partial charge in [0.25, 0.3) is 5.91 Å². The van der Waals surface area contributed by atoms with Crippen LogP contribution in [0.1, 0.15) is 49.0 Å². The second-order valence-electron chi connectivity index (χ2n) is 6.06. The minimum Gasteiger partial charge on any atom is -0.335 e. The number of benzene rings is 1. The molecule has 1 amide bonds. The highest BCUT2D eigenvalue weighted by molar-refractivity contribution is 5.94. The first-order valence-corrected chi connectivity index (χ1v) is 7.69. The Kier molecular flexibility index (Phi) is 5.18. The summed E-state index contributed by atoms with van der Waals surface area (Å²) in [5, 5.41) is 3.53. The predicted octanol–water partition coefficient (Wildman–Crippen LogP) is 2.99. The summed E-state index contributed by atoms with van der Waals surface area (Å²) >= 11 is 0. The average molecular weight is 274 g/mol. The molecule has 0 saturated carbocycles. The number of amides is 1. The van der Waals surface area contributed by atoms with Gasteiger partial charge in [0.1, 0.15) is 0 Å². The molecule has 0 spiro atoms. The van der Waals surface area contributed by atoms with Crippen molar-refractivity contribution in [3.05, 3.63) is 35.4 Å². The van der Waals surface area contributed by atoms with Crippen LogP contribution in [0, 0.1) is 6.92 Å². The number of aryl methyl sites for hydroxylation is 1. The van der Waals surface area contributed by atoms with Crippen LogP contribution in [0.15, 0.2) is 24.3 Å². The Morgan fingerprint density at radius 3 is 2.55 bits per heavy atom. The van der Waals surface area contributed by atoms with E-state index in [1.54, 1.807) is 0 Å². The third-order valence-corrected chi connectivity index (χ3v) is 4.01. The van der Waals surface area contributed by atoms with E-state index in [0.717, 1.165) is 18.7 Å². The highest BCUT2D eigenvalue weighted by Gasteiger charge is 2.23. The van der Waals surface area contributed by atoms with Crippen LogP contribution in [0.5, 0.6) is 0 Å². The molecule has 0 radical (unpaired) electrons. The third-order valence-electron chi connectivity index (χ3n) is 4.01. The maximum Gasteiger partial charge on any atom is 0.254 e. The lowest BCUT2D eigenvalue weighted by Gasteiger charge is -2.33. The molecule has 1 aromatic carbocycles. The van der Waals surface area contributed by atoms with Crippen LogP contribution in [0.4, 0.5) is 0 Å². The summed E-state index contributed by atoms with van der Waals surface area (Å²) in [7, 11) is 0. The van der Waals surface area contributed by atoms with Crippen molar-refractivity contribution < 1.29 is 4.79 Å². The highest BCUT2D eigenvalue weighted by Crippen LogP contribution is 2.14. The molecule has 1 fully saturated rings. The van der Waals surface area contributed by atoms with Gasteiger partial charge < -0.3 is 10.2 Å². The molecule has 1 aliphatic heterocycles. The fourth-order valence-corrected chi connectivity index (χ4v) is 2.71. The van der Waals surface area contributed by atoms with Crippen LogP contribution in [-0.2, 0) is 0 Å². The summed E-state index contributed by atoms with van der Waals surface area (Å²) in [5.74, 6) is 0.146. The zero-order chi connectivity index (χ0) is 14.5. The van der Waals surface area contributed by atoms with Gasteiger partial charge in [0.2, 0.25) is 0 Å². The molecule has 0 aromatic heterocycles. The monoisotopic (exact) mass is 274 g/mol. The molecule has 0 bridgehead atoms. The number of hydrogen-bond donors (Lipinski definition) is 1. The van der Waals surface area contributed by atoms with E-state index in [2.05, 4.69) is 19.2 Å². The van der Waals surface area contributed by atoms with Crippen LogP contribution in [0.3, 0.4) is 0 Å². The Labute approximate surface area is 122 Å². The molecule has 1 aliphatic rings. The average Bonchev–Trinajstić information content (AvgIpc) is 2.45. The standard InChI is InChI=1S/C17H26N2O/c1-13(2)19(12-16-6-4-5-11-18-16)17(20)15-9-7-14(3)8-10-15/h7-10,13,16,18H,4-6,11-12H2,1-3H3. The lowest BCUT2D eigenvalue weighted by Crippen LogP contribution is -2.48. The van der Waals surface area contributed by atoms with Gasteiger partial charge in [-0.25, -0.2) is 0 Å². The van der Waals surface area contributed by atoms with Crippen LogP contribution in [0.2, 0.25) is 0 Å². The van der Waals surface area contributed by atoms with Crippen molar-refractivity contribution in [1.82, 2.24) is 10.2 Å². The molecule has 1 aromatic rings. The molecule has 110 valence electrons. The topological polar surface area (TPSA) is 32.3 Å². The predicted molar refractivity (Wildman–Crippen MR) is 83.0 cm³/mol. The molecule has 1 saturated heterocycles. The maximum atomic E-state index is 12.7. The van der Waals surface area contributed by atoms with Crippen molar-refractivity contribution in [2.75, 3.05) is 13.1 Å². The van der Waals surface area contributed by atoms with E-state index >= 15 is 0 Å². The van der Waals surface area contributed by atoms with Crippen molar-refractivity contribution in [2.45, 2.75) is 52.1 Å². The smallest absolute Gasteiger partial charge is 0.254 e. The van der Waals surface area contributed by atoms with Gasteiger partial charge in [0.15, 0.2) is 0 Å². The highest BCUT2D eigenvalue weighted by atomic mass is 16.2. The van der Waals surface area contributed by atoms with Crippen LogP contribution >= 0.6 is 0 Å². The number of carbonyl (C=O) groups excluding carboxylic acids is 1. The first-order chi connectivity index (χ1) is 9.58. The summed E-state index contributed by atoms with van der Waals surface area (Å²) in [5.41, 5.74) is 1.98. The molecule has 3 nitrogen and oxygen atoms in total. The Balaban J connectivity index is 2.07. The second-order valence-corrected chi connectivity index (χ2v) is 6.06. The molecular weight excluding hydrogens is 248 g/mol. The quantitative estimate of drug-likeness (QED) is 0.915. The first kappa shape index (κ1) is 15.0. The summed E-state index contributed by atoms with van der Waals surface area (Å²) in [6.45, 7) is 8.12. The van der Waals surface area contributed by atoms with Gasteiger partial charge in [0, 0.05) is 24.2 Å². The van der Waals surface area contributed by atoms with Crippen molar-refractivity contribution in [3.63, 3.8) is 0 Å². The fourth-order valence-electron chi connectivity index (χ4n) is 2.71. The zero-order valence-electron chi connectivity index (χ0n) is 12.9. The van der Waals surface area contributed by atoms with Gasteiger partial charge in [-0.1, -0.05) is 24.1 Å². The third kappa shape index (κ3) is 3.83. The minimum atomic E-state index is 0.146. The molecule has 20 heavy (non-hydrogen) atoms. The molecule has 1 N–H and O–H groups in total. The summed E-state index contributed by atoms with van der Waals surface area (Å²) in [6.07, 6.45) is 3.69. The number of carbonyl (C=O) groups is 1. The zero-order valence-corrected chi connectivity index (χ0v) is 12.9. The van der Waals surface area contributed by atoms with E-state index < -0.39 is 0 Å². The van der Waals surface area contributed by atoms with Crippen molar-refractivity contribution >= 4 is 5.91 Å². The number of hydrogen-bond acceptors (Lipinski definition) is 2. The van der Waals surface area contributed by atoms with Gasteiger partial charge in [-0.2, -0.15) is 0 Å². The fraction of sp³-hybridized carbons (Fsp3) is 0.588. The Morgan fingerprint density at radius 2 is 2.00 bits per heavy atom. The number of nitrogens with zero attached hydrogens (tertiary/aromatic N) is 1. The summed E-state index contributed by atoms with van der Waals surface area (Å²) in [6, 6.07) is 8.55. The molecule has 0 aliphatic carbocycles. The lowest BCUT2D eigenvalue weighted by molar-refractivity contribution is 0.0677. The van der Waals surface area contributed by atoms with Gasteiger partial charge >= 0.3 is 0 Å². The van der Waals surface area contributed by atoms with Gasteiger partial charge in [-0.05, 0) is 52.3 Å². The van der Waals surface area contributed by atoms with Gasteiger partial charge in [0.05, 0.1) is 0 Å². The van der Waals surface area contributed by atoms with Crippen molar-refractivity contribution in [2.24, 2.45) is 0 Å². The Hall–Kier alpha value is -1.35. The molecule has 1 unspecified atom stereocenters. The SMILES string of the molecule is Cc1ccc(C(=O)N(CC2CCCCN2)C(C)C)cc1. The van der Waals surface area contributed by atoms with E-state index in [1.165, 1.54) is 24.8 Å². The van der Waals surface area contributed by atoms with E-state index in [1.807, 2.05) is 36.1 Å². The van der Waals surface area contributed by atoms with E-state index in [0.29, 0.717) is 6.04 Å². The molecule has 3 heteroatoms. The van der Waals surface area contributed by atoms with Crippen molar-refractivity contribution in [3.8, 4) is 0 Å². The van der Waals surface area contributed by atoms with Gasteiger partial charge in [-0.3, -0.25) is 4.79 Å². The number of rotatable bonds is 4. The van der Waals surface area contributed by atoms with Crippen molar-refractivity contribution in [1.29, 1.82) is 0 Å². The van der Waals surface area contributed by atoms with E-state index in [9.17, 15) is 4.79 Å². The number of piperidine rings is 1. The van der Waals surface area contributed by atoms with Gasteiger partial charge in [-0.15, -0.1) is 0 Å². The normalized spacial score (nSPS) is 19.1. The summed E-state index contributed by atoms with van der Waals surface area (Å²) < 4.78 is 0. The molecule has 1 atom stereocenters. The largest absolute Gasteiger partial charge is 0.335 e. The number of nitrogens with one attached hydrogen (secondary N) is 1. The van der Waals surface area contributed by atoms with Crippen LogP contribution in [0.25, 0.3) is 0 Å². The molecular formula is C17H26N2O. The van der Waals surface area contributed by atoms with E-state index in [4.69, 9.17) is 0 Å². The second kappa shape index (κ2) is 6.89. The Morgan fingerprint density at radius 1 is 1.30 bits per heavy atom. The van der Waals surface area contributed by atoms with Crippen LogP contribution in [-0.4, -0.2) is 36.0 Å². The summed E-state index contributed by atoms with van der Waals surface area (Å²) in [4.78, 5) is 14.7. The molecule has 2 rings (SSSR count). The van der Waals surface area contributed by atoms with Crippen LogP contribution < -0.4 is 5.32 Å².